The predicted molar refractivity (Wildman–Crippen MR) is 85.6 cm³/mol. The molecule has 19 heavy (non-hydrogen) atoms. The molecule has 1 aliphatic carbocycles. The third kappa shape index (κ3) is 6.76. The molecule has 2 unspecified atom stereocenters. The monoisotopic (exact) mass is 268 g/mol. The Kier molecular flexibility index (Phi) is 8.72. The molecule has 1 aliphatic rings. The van der Waals surface area contributed by atoms with E-state index in [1.807, 2.05) is 0 Å². The molecule has 1 rings (SSSR count). The highest BCUT2D eigenvalue weighted by atomic mass is 15.1. The fourth-order valence-electron chi connectivity index (χ4n) is 3.38. The van der Waals surface area contributed by atoms with Crippen molar-refractivity contribution in [3.05, 3.63) is 0 Å². The van der Waals surface area contributed by atoms with Crippen LogP contribution in [0, 0.1) is 11.8 Å². The molecule has 0 aromatic carbocycles. The van der Waals surface area contributed by atoms with Gasteiger partial charge in [-0.1, -0.05) is 47.0 Å². The van der Waals surface area contributed by atoms with E-state index in [4.69, 9.17) is 0 Å². The zero-order chi connectivity index (χ0) is 14.1. The predicted octanol–water partition coefficient (Wildman–Crippen LogP) is 3.91. The van der Waals surface area contributed by atoms with Gasteiger partial charge in [-0.25, -0.2) is 0 Å². The fraction of sp³-hybridized carbons (Fsp3) is 1.00. The Labute approximate surface area is 121 Å². The van der Waals surface area contributed by atoms with Crippen molar-refractivity contribution in [1.82, 2.24) is 10.2 Å². The molecular weight excluding hydrogens is 232 g/mol. The number of nitrogens with zero attached hydrogens (tertiary/aromatic N) is 1. The topological polar surface area (TPSA) is 15.3 Å². The van der Waals surface area contributed by atoms with E-state index in [0.717, 1.165) is 17.9 Å². The third-order valence-electron chi connectivity index (χ3n) is 4.38. The molecule has 1 N–H and O–H groups in total. The lowest BCUT2D eigenvalue weighted by atomic mass is 9.93. The second kappa shape index (κ2) is 9.77. The molecule has 0 amide bonds. The van der Waals surface area contributed by atoms with Crippen molar-refractivity contribution in [2.24, 2.45) is 11.8 Å². The lowest BCUT2D eigenvalue weighted by Gasteiger charge is -2.32. The van der Waals surface area contributed by atoms with Crippen molar-refractivity contribution in [3.8, 4) is 0 Å². The van der Waals surface area contributed by atoms with Gasteiger partial charge >= 0.3 is 0 Å². The molecule has 2 nitrogen and oxygen atoms in total. The van der Waals surface area contributed by atoms with Gasteiger partial charge in [0.25, 0.3) is 0 Å². The minimum absolute atomic E-state index is 0.767. The Balaban J connectivity index is 2.52. The Morgan fingerprint density at radius 2 is 1.84 bits per heavy atom. The van der Waals surface area contributed by atoms with Crippen molar-refractivity contribution in [2.75, 3.05) is 26.2 Å². The van der Waals surface area contributed by atoms with Crippen LogP contribution in [-0.4, -0.2) is 37.1 Å². The van der Waals surface area contributed by atoms with Crippen molar-refractivity contribution < 1.29 is 0 Å². The molecule has 0 aliphatic heterocycles. The largest absolute Gasteiger partial charge is 0.314 e. The highest BCUT2D eigenvalue weighted by Gasteiger charge is 2.24. The standard InChI is InChI=1S/C17H36N2/c1-5-12-18-17-11-9-7-8-10-16(17)14-19(6-2)13-15(3)4/h15-18H,5-14H2,1-4H3. The van der Waals surface area contributed by atoms with E-state index in [2.05, 4.69) is 37.9 Å². The summed E-state index contributed by atoms with van der Waals surface area (Å²) >= 11 is 0. The van der Waals surface area contributed by atoms with Crippen LogP contribution in [0.4, 0.5) is 0 Å². The van der Waals surface area contributed by atoms with Gasteiger partial charge in [-0.15, -0.1) is 0 Å². The van der Waals surface area contributed by atoms with Crippen LogP contribution < -0.4 is 5.32 Å². The van der Waals surface area contributed by atoms with E-state index >= 15 is 0 Å². The summed E-state index contributed by atoms with van der Waals surface area (Å²) in [7, 11) is 0. The molecule has 0 bridgehead atoms. The van der Waals surface area contributed by atoms with Crippen LogP contribution in [0.5, 0.6) is 0 Å². The summed E-state index contributed by atoms with van der Waals surface area (Å²) in [4.78, 5) is 2.67. The Morgan fingerprint density at radius 3 is 2.47 bits per heavy atom. The molecule has 0 spiro atoms. The molecule has 0 aromatic heterocycles. The van der Waals surface area contributed by atoms with Gasteiger partial charge in [0.1, 0.15) is 0 Å². The first-order valence-corrected chi connectivity index (χ1v) is 8.63. The maximum Gasteiger partial charge on any atom is 0.0107 e. The maximum atomic E-state index is 3.82. The highest BCUT2D eigenvalue weighted by molar-refractivity contribution is 4.82. The molecule has 0 radical (unpaired) electrons. The van der Waals surface area contributed by atoms with Crippen molar-refractivity contribution in [1.29, 1.82) is 0 Å². The van der Waals surface area contributed by atoms with E-state index in [9.17, 15) is 0 Å². The van der Waals surface area contributed by atoms with Crippen molar-refractivity contribution in [2.45, 2.75) is 72.3 Å². The average Bonchev–Trinajstić information content (AvgIpc) is 2.60. The molecule has 0 heterocycles. The van der Waals surface area contributed by atoms with Crippen LogP contribution in [-0.2, 0) is 0 Å². The fourth-order valence-corrected chi connectivity index (χ4v) is 3.38. The zero-order valence-corrected chi connectivity index (χ0v) is 13.8. The van der Waals surface area contributed by atoms with E-state index in [1.165, 1.54) is 64.7 Å². The van der Waals surface area contributed by atoms with Crippen LogP contribution >= 0.6 is 0 Å². The molecule has 1 fully saturated rings. The summed E-state index contributed by atoms with van der Waals surface area (Å²) in [5.74, 6) is 1.65. The van der Waals surface area contributed by atoms with E-state index in [1.54, 1.807) is 0 Å². The smallest absolute Gasteiger partial charge is 0.0107 e. The summed E-state index contributed by atoms with van der Waals surface area (Å²) in [6, 6.07) is 0.767. The molecule has 0 aromatic rings. The second-order valence-corrected chi connectivity index (χ2v) is 6.70. The van der Waals surface area contributed by atoms with Crippen LogP contribution in [0.1, 0.15) is 66.2 Å². The van der Waals surface area contributed by atoms with Gasteiger partial charge in [-0.05, 0) is 44.2 Å². The summed E-state index contributed by atoms with van der Waals surface area (Å²) in [6.07, 6.45) is 8.38. The summed E-state index contributed by atoms with van der Waals surface area (Å²) in [5, 5.41) is 3.82. The van der Waals surface area contributed by atoms with Gasteiger partial charge in [-0.2, -0.15) is 0 Å². The number of hydrogen-bond donors (Lipinski definition) is 1. The minimum atomic E-state index is 0.767. The molecule has 1 saturated carbocycles. The molecule has 2 atom stereocenters. The molecule has 2 heteroatoms. The highest BCUT2D eigenvalue weighted by Crippen LogP contribution is 2.24. The Morgan fingerprint density at radius 1 is 1.11 bits per heavy atom. The summed E-state index contributed by atoms with van der Waals surface area (Å²) < 4.78 is 0. The van der Waals surface area contributed by atoms with Crippen LogP contribution in [0.15, 0.2) is 0 Å². The van der Waals surface area contributed by atoms with Crippen LogP contribution in [0.3, 0.4) is 0 Å². The maximum absolute atomic E-state index is 3.82. The first kappa shape index (κ1) is 17.0. The Bertz CT molecular complexity index is 215. The minimum Gasteiger partial charge on any atom is -0.314 e. The van der Waals surface area contributed by atoms with E-state index < -0.39 is 0 Å². The third-order valence-corrected chi connectivity index (χ3v) is 4.38. The quantitative estimate of drug-likeness (QED) is 0.671. The Hall–Kier alpha value is -0.0800. The van der Waals surface area contributed by atoms with Crippen LogP contribution in [0.2, 0.25) is 0 Å². The van der Waals surface area contributed by atoms with Gasteiger partial charge in [0, 0.05) is 19.1 Å². The summed E-state index contributed by atoms with van der Waals surface area (Å²) in [6.45, 7) is 14.2. The number of hydrogen-bond acceptors (Lipinski definition) is 2. The first-order valence-electron chi connectivity index (χ1n) is 8.63. The number of nitrogens with one attached hydrogen (secondary N) is 1. The van der Waals surface area contributed by atoms with Gasteiger partial charge in [0.2, 0.25) is 0 Å². The van der Waals surface area contributed by atoms with Crippen molar-refractivity contribution >= 4 is 0 Å². The average molecular weight is 268 g/mol. The summed E-state index contributed by atoms with van der Waals surface area (Å²) in [5.41, 5.74) is 0. The van der Waals surface area contributed by atoms with E-state index in [-0.39, 0.29) is 0 Å². The van der Waals surface area contributed by atoms with E-state index in [0.29, 0.717) is 0 Å². The van der Waals surface area contributed by atoms with Gasteiger partial charge in [0.15, 0.2) is 0 Å². The molecular formula is C17H36N2. The van der Waals surface area contributed by atoms with Crippen molar-refractivity contribution in [3.63, 3.8) is 0 Å². The normalized spacial score (nSPS) is 24.9. The SMILES string of the molecule is CCCNC1CCCCCC1CN(CC)CC(C)C. The van der Waals surface area contributed by atoms with Gasteiger partial charge in [0.05, 0.1) is 0 Å². The lowest BCUT2D eigenvalue weighted by molar-refractivity contribution is 0.185. The molecule has 114 valence electrons. The first-order chi connectivity index (χ1) is 9.17. The van der Waals surface area contributed by atoms with Gasteiger partial charge < -0.3 is 10.2 Å². The molecule has 0 saturated heterocycles. The van der Waals surface area contributed by atoms with Crippen LogP contribution in [0.25, 0.3) is 0 Å². The lowest BCUT2D eigenvalue weighted by Crippen LogP contribution is -2.43. The van der Waals surface area contributed by atoms with Gasteiger partial charge in [-0.3, -0.25) is 0 Å². The zero-order valence-electron chi connectivity index (χ0n) is 13.8. The number of rotatable bonds is 8. The second-order valence-electron chi connectivity index (χ2n) is 6.70.